The van der Waals surface area contributed by atoms with E-state index in [9.17, 15) is 10.2 Å². The van der Waals surface area contributed by atoms with E-state index >= 15 is 0 Å². The lowest BCUT2D eigenvalue weighted by Gasteiger charge is -2.01. The summed E-state index contributed by atoms with van der Waals surface area (Å²) in [4.78, 5) is 0. The third-order valence-electron chi connectivity index (χ3n) is 2.94. The largest absolute Gasteiger partial charge is 0.508 e. The molecule has 0 saturated carbocycles. The molecule has 0 amide bonds. The first-order valence-corrected chi connectivity index (χ1v) is 7.91. The molecule has 136 valence electrons. The SMILES string of the molecule is CC/C=C/OC#COc1cc(O)cc(/C=C/c2ccc(O)cc2)c1.CO. The molecule has 2 aromatic carbocycles. The minimum Gasteiger partial charge on any atom is -0.508 e. The second kappa shape index (κ2) is 12.1. The average molecular weight is 354 g/mol. The molecule has 0 unspecified atom stereocenters. The summed E-state index contributed by atoms with van der Waals surface area (Å²) in [5, 5.41) is 26.0. The van der Waals surface area contributed by atoms with Gasteiger partial charge in [-0.2, -0.15) is 0 Å². The summed E-state index contributed by atoms with van der Waals surface area (Å²) < 4.78 is 10.1. The van der Waals surface area contributed by atoms with Crippen molar-refractivity contribution >= 4 is 12.2 Å². The van der Waals surface area contributed by atoms with Crippen molar-refractivity contribution in [2.45, 2.75) is 13.3 Å². The molecular formula is C21H22O5. The highest BCUT2D eigenvalue weighted by Gasteiger charge is 1.99. The first kappa shape index (κ1) is 20.7. The first-order valence-electron chi connectivity index (χ1n) is 7.91. The fourth-order valence-electron chi connectivity index (χ4n) is 1.82. The molecule has 5 heteroatoms. The smallest absolute Gasteiger partial charge is 0.161 e. The quantitative estimate of drug-likeness (QED) is 0.428. The second-order valence-corrected chi connectivity index (χ2v) is 4.89. The molecule has 2 rings (SSSR count). The Labute approximate surface area is 153 Å². The molecule has 0 bridgehead atoms. The van der Waals surface area contributed by atoms with Gasteiger partial charge >= 0.3 is 0 Å². The Hall–Kier alpha value is -3.36. The first-order chi connectivity index (χ1) is 12.7. The minimum atomic E-state index is 0.0754. The molecule has 0 aliphatic carbocycles. The molecule has 5 nitrogen and oxygen atoms in total. The molecule has 0 heterocycles. The van der Waals surface area contributed by atoms with Crippen LogP contribution in [0.2, 0.25) is 0 Å². The maximum Gasteiger partial charge on any atom is 0.161 e. The third-order valence-corrected chi connectivity index (χ3v) is 2.94. The molecule has 2 aromatic rings. The number of phenolic OH excluding ortho intramolecular Hbond substituents is 2. The third kappa shape index (κ3) is 7.95. The zero-order valence-corrected chi connectivity index (χ0v) is 14.7. The highest BCUT2D eigenvalue weighted by Crippen LogP contribution is 2.23. The molecule has 0 aromatic heterocycles. The van der Waals surface area contributed by atoms with Crippen molar-refractivity contribution in [3.63, 3.8) is 0 Å². The van der Waals surface area contributed by atoms with Crippen LogP contribution < -0.4 is 4.74 Å². The van der Waals surface area contributed by atoms with Gasteiger partial charge in [-0.3, -0.25) is 0 Å². The summed E-state index contributed by atoms with van der Waals surface area (Å²) in [5.41, 5.74) is 1.68. The lowest BCUT2D eigenvalue weighted by molar-refractivity contribution is 0.399. The van der Waals surface area contributed by atoms with Gasteiger partial charge in [-0.1, -0.05) is 31.2 Å². The van der Waals surface area contributed by atoms with E-state index in [1.807, 2.05) is 25.2 Å². The second-order valence-electron chi connectivity index (χ2n) is 4.89. The number of aromatic hydroxyl groups is 2. The highest BCUT2D eigenvalue weighted by molar-refractivity contribution is 5.71. The summed E-state index contributed by atoms with van der Waals surface area (Å²) in [6.45, 7) is 1.99. The van der Waals surface area contributed by atoms with Crippen LogP contribution in [-0.2, 0) is 4.74 Å². The van der Waals surface area contributed by atoms with Gasteiger partial charge in [-0.05, 0) is 47.9 Å². The number of ether oxygens (including phenoxy) is 2. The maximum absolute atomic E-state index is 9.76. The van der Waals surface area contributed by atoms with E-state index < -0.39 is 0 Å². The zero-order chi connectivity index (χ0) is 19.2. The molecule has 0 fully saturated rings. The minimum absolute atomic E-state index is 0.0754. The standard InChI is InChI=1S/C20H18O4.CH4O/c1-2-3-10-23-11-12-24-20-14-17(13-19(22)15-20)5-4-16-6-8-18(21)9-7-16;1-2/h3-10,13-15,21-22H,2H2,1H3;2H,1H3/b5-4+,10-3+;. The molecule has 0 saturated heterocycles. The van der Waals surface area contributed by atoms with E-state index in [4.69, 9.17) is 14.6 Å². The Morgan fingerprint density at radius 1 is 0.885 bits per heavy atom. The van der Waals surface area contributed by atoms with Gasteiger partial charge in [0.1, 0.15) is 17.2 Å². The van der Waals surface area contributed by atoms with Gasteiger partial charge in [0.05, 0.1) is 6.26 Å². The van der Waals surface area contributed by atoms with Crippen molar-refractivity contribution in [1.29, 1.82) is 0 Å². The van der Waals surface area contributed by atoms with Gasteiger partial charge in [0.15, 0.2) is 12.2 Å². The molecule has 3 N–H and O–H groups in total. The molecule has 26 heavy (non-hydrogen) atoms. The van der Waals surface area contributed by atoms with E-state index in [-0.39, 0.29) is 11.5 Å². The predicted molar refractivity (Wildman–Crippen MR) is 102 cm³/mol. The van der Waals surface area contributed by atoms with Crippen LogP contribution in [0.25, 0.3) is 12.2 Å². The van der Waals surface area contributed by atoms with Crippen LogP contribution in [0.4, 0.5) is 0 Å². The predicted octanol–water partition coefficient (Wildman–Crippen LogP) is 4.11. The summed E-state index contributed by atoms with van der Waals surface area (Å²) in [6, 6.07) is 11.6. The van der Waals surface area contributed by atoms with Gasteiger partial charge < -0.3 is 24.8 Å². The van der Waals surface area contributed by atoms with E-state index in [2.05, 4.69) is 12.2 Å². The Kier molecular flexibility index (Phi) is 9.60. The Morgan fingerprint density at radius 3 is 2.27 bits per heavy atom. The fraction of sp³-hybridized carbons (Fsp3) is 0.143. The summed E-state index contributed by atoms with van der Waals surface area (Å²) >= 11 is 0. The zero-order valence-electron chi connectivity index (χ0n) is 14.7. The van der Waals surface area contributed by atoms with E-state index in [1.165, 1.54) is 12.3 Å². The average Bonchev–Trinajstić information content (AvgIpc) is 2.65. The van der Waals surface area contributed by atoms with Crippen LogP contribution in [0.15, 0.2) is 54.8 Å². The number of phenols is 2. The fourth-order valence-corrected chi connectivity index (χ4v) is 1.82. The molecule has 0 spiro atoms. The lowest BCUT2D eigenvalue weighted by atomic mass is 10.1. The Balaban J connectivity index is 0.00000163. The van der Waals surface area contributed by atoms with Crippen LogP contribution >= 0.6 is 0 Å². The van der Waals surface area contributed by atoms with Crippen molar-refractivity contribution in [2.24, 2.45) is 0 Å². The van der Waals surface area contributed by atoms with Gasteiger partial charge in [-0.25, -0.2) is 0 Å². The number of aliphatic hydroxyl groups excluding tert-OH is 1. The molecule has 0 radical (unpaired) electrons. The van der Waals surface area contributed by atoms with Gasteiger partial charge in [0, 0.05) is 13.2 Å². The highest BCUT2D eigenvalue weighted by atomic mass is 16.5. The molecule has 0 aliphatic heterocycles. The van der Waals surface area contributed by atoms with Crippen molar-refractivity contribution in [3.05, 3.63) is 65.9 Å². The van der Waals surface area contributed by atoms with Crippen LogP contribution in [0.3, 0.4) is 0 Å². The van der Waals surface area contributed by atoms with Crippen LogP contribution in [0, 0.1) is 12.2 Å². The molecule has 0 atom stereocenters. The maximum atomic E-state index is 9.76. The number of benzene rings is 2. The van der Waals surface area contributed by atoms with Crippen LogP contribution in [0.5, 0.6) is 17.2 Å². The summed E-state index contributed by atoms with van der Waals surface area (Å²) in [7, 11) is 1.00. The lowest BCUT2D eigenvalue weighted by Crippen LogP contribution is -1.84. The summed E-state index contributed by atoms with van der Waals surface area (Å²) in [5.74, 6) is 0.706. The van der Waals surface area contributed by atoms with E-state index in [0.717, 1.165) is 24.7 Å². The van der Waals surface area contributed by atoms with E-state index in [1.54, 1.807) is 36.4 Å². The van der Waals surface area contributed by atoms with Gasteiger partial charge in [0.25, 0.3) is 0 Å². The Bertz CT molecular complexity index is 780. The van der Waals surface area contributed by atoms with Crippen molar-refractivity contribution < 1.29 is 24.8 Å². The Morgan fingerprint density at radius 2 is 1.58 bits per heavy atom. The number of hydrogen-bond donors (Lipinski definition) is 3. The van der Waals surface area contributed by atoms with Crippen molar-refractivity contribution in [3.8, 4) is 29.5 Å². The number of hydrogen-bond acceptors (Lipinski definition) is 5. The number of aliphatic hydroxyl groups is 1. The normalized spacial score (nSPS) is 9.96. The van der Waals surface area contributed by atoms with Crippen molar-refractivity contribution in [1.82, 2.24) is 0 Å². The topological polar surface area (TPSA) is 79.2 Å². The number of rotatable bonds is 5. The van der Waals surface area contributed by atoms with Gasteiger partial charge in [0.2, 0.25) is 0 Å². The van der Waals surface area contributed by atoms with E-state index in [0.29, 0.717) is 5.75 Å². The monoisotopic (exact) mass is 354 g/mol. The van der Waals surface area contributed by atoms with Crippen LogP contribution in [0.1, 0.15) is 24.5 Å². The van der Waals surface area contributed by atoms with Crippen molar-refractivity contribution in [2.75, 3.05) is 7.11 Å². The van der Waals surface area contributed by atoms with Crippen LogP contribution in [-0.4, -0.2) is 22.4 Å². The number of allylic oxidation sites excluding steroid dienone is 1. The van der Waals surface area contributed by atoms with Gasteiger partial charge in [-0.15, -0.1) is 0 Å². The summed E-state index contributed by atoms with van der Waals surface area (Å²) in [6.07, 6.45) is 12.7. The molecule has 0 aliphatic rings. The molecular weight excluding hydrogens is 332 g/mol.